The van der Waals surface area contributed by atoms with E-state index >= 15 is 0 Å². The Morgan fingerprint density at radius 1 is 1.06 bits per heavy atom. The van der Waals surface area contributed by atoms with Crippen LogP contribution in [0.25, 0.3) is 10.8 Å². The molecule has 10 heteroatoms. The molecule has 3 aromatic rings. The van der Waals surface area contributed by atoms with Gasteiger partial charge >= 0.3 is 5.97 Å². The average molecular weight is 479 g/mol. The Labute approximate surface area is 201 Å². The average Bonchev–Trinajstić information content (AvgIpc) is 2.87. The molecule has 10 nitrogen and oxygen atoms in total. The SMILES string of the molecule is COc1cc2c(C(=O)O)cnc(C(=O)c3cccc(NC(=O)CN4CCOCC4)c3)c2cc1OC. The maximum absolute atomic E-state index is 13.4. The van der Waals surface area contributed by atoms with E-state index in [9.17, 15) is 19.5 Å². The Balaban J connectivity index is 1.65. The molecular weight excluding hydrogens is 454 g/mol. The number of carboxylic acids is 1. The van der Waals surface area contributed by atoms with Crippen LogP contribution in [-0.2, 0) is 9.53 Å². The molecule has 0 unspecified atom stereocenters. The topological polar surface area (TPSA) is 127 Å². The van der Waals surface area contributed by atoms with Crippen LogP contribution in [0.1, 0.15) is 26.4 Å². The fourth-order valence-electron chi connectivity index (χ4n) is 3.96. The zero-order chi connectivity index (χ0) is 24.9. The molecule has 1 saturated heterocycles. The number of aromatic nitrogens is 1. The lowest BCUT2D eigenvalue weighted by molar-refractivity contribution is -0.118. The van der Waals surface area contributed by atoms with Gasteiger partial charge in [0.25, 0.3) is 0 Å². The predicted octanol–water partition coefficient (Wildman–Crippen LogP) is 2.45. The van der Waals surface area contributed by atoms with E-state index in [1.54, 1.807) is 24.3 Å². The van der Waals surface area contributed by atoms with Gasteiger partial charge in [0.05, 0.1) is 39.5 Å². The van der Waals surface area contributed by atoms with Crippen LogP contribution in [0, 0.1) is 0 Å². The van der Waals surface area contributed by atoms with Crippen molar-refractivity contribution in [1.82, 2.24) is 9.88 Å². The van der Waals surface area contributed by atoms with Gasteiger partial charge in [-0.1, -0.05) is 12.1 Å². The summed E-state index contributed by atoms with van der Waals surface area (Å²) in [7, 11) is 2.89. The van der Waals surface area contributed by atoms with Crippen LogP contribution in [0.4, 0.5) is 5.69 Å². The van der Waals surface area contributed by atoms with Crippen molar-refractivity contribution in [2.75, 3.05) is 52.4 Å². The largest absolute Gasteiger partial charge is 0.493 e. The van der Waals surface area contributed by atoms with Gasteiger partial charge in [0.15, 0.2) is 11.5 Å². The number of hydrogen-bond acceptors (Lipinski definition) is 8. The highest BCUT2D eigenvalue weighted by atomic mass is 16.5. The number of methoxy groups -OCH3 is 2. The molecule has 2 heterocycles. The van der Waals surface area contributed by atoms with E-state index in [-0.39, 0.29) is 23.7 Å². The number of morpholine rings is 1. The van der Waals surface area contributed by atoms with Crippen molar-refractivity contribution in [3.05, 3.63) is 59.4 Å². The van der Waals surface area contributed by atoms with Crippen molar-refractivity contribution in [2.45, 2.75) is 0 Å². The number of amides is 1. The molecule has 1 amide bonds. The lowest BCUT2D eigenvalue weighted by Crippen LogP contribution is -2.41. The number of rotatable bonds is 8. The predicted molar refractivity (Wildman–Crippen MR) is 128 cm³/mol. The lowest BCUT2D eigenvalue weighted by atomic mass is 9.98. The zero-order valence-electron chi connectivity index (χ0n) is 19.4. The van der Waals surface area contributed by atoms with Gasteiger partial charge in [-0.15, -0.1) is 0 Å². The van der Waals surface area contributed by atoms with Gasteiger partial charge in [-0.25, -0.2) is 4.79 Å². The normalized spacial score (nSPS) is 13.9. The van der Waals surface area contributed by atoms with E-state index in [0.717, 1.165) is 6.20 Å². The number of pyridine rings is 1. The first-order valence-electron chi connectivity index (χ1n) is 10.9. The molecule has 2 aromatic carbocycles. The zero-order valence-corrected chi connectivity index (χ0v) is 19.4. The maximum atomic E-state index is 13.4. The smallest absolute Gasteiger partial charge is 0.337 e. The summed E-state index contributed by atoms with van der Waals surface area (Å²) in [5.74, 6) is -1.13. The Morgan fingerprint density at radius 3 is 2.40 bits per heavy atom. The third kappa shape index (κ3) is 5.23. The molecule has 4 rings (SSSR count). The number of ether oxygens (including phenoxy) is 3. The molecule has 0 aliphatic carbocycles. The molecule has 1 aliphatic heterocycles. The van der Waals surface area contributed by atoms with Crippen molar-refractivity contribution in [2.24, 2.45) is 0 Å². The number of hydrogen-bond donors (Lipinski definition) is 2. The summed E-state index contributed by atoms with van der Waals surface area (Å²) in [6.07, 6.45) is 1.15. The highest BCUT2D eigenvalue weighted by molar-refractivity contribution is 6.18. The summed E-state index contributed by atoms with van der Waals surface area (Å²) >= 11 is 0. The minimum atomic E-state index is -1.18. The first-order chi connectivity index (χ1) is 16.9. The standard InChI is InChI=1S/C25H25N3O7/c1-33-20-11-17-18(12-21(20)34-2)23(26-13-19(17)25(31)32)24(30)15-4-3-5-16(10-15)27-22(29)14-28-6-8-35-9-7-28/h3-5,10-13H,6-9,14H2,1-2H3,(H,27,29)(H,31,32). The summed E-state index contributed by atoms with van der Waals surface area (Å²) in [4.78, 5) is 43.8. The Bertz CT molecular complexity index is 1290. The number of nitrogens with zero attached hydrogens (tertiary/aromatic N) is 2. The number of anilines is 1. The van der Waals surface area contributed by atoms with E-state index < -0.39 is 11.8 Å². The highest BCUT2D eigenvalue weighted by Gasteiger charge is 2.22. The minimum absolute atomic E-state index is 0.0581. The molecule has 182 valence electrons. The van der Waals surface area contributed by atoms with Crippen molar-refractivity contribution in [1.29, 1.82) is 0 Å². The molecule has 1 aromatic heterocycles. The molecule has 0 bridgehead atoms. The van der Waals surface area contributed by atoms with Crippen LogP contribution in [0.3, 0.4) is 0 Å². The van der Waals surface area contributed by atoms with Gasteiger partial charge in [0.2, 0.25) is 11.7 Å². The molecule has 0 atom stereocenters. The monoisotopic (exact) mass is 479 g/mol. The van der Waals surface area contributed by atoms with Crippen LogP contribution >= 0.6 is 0 Å². The van der Waals surface area contributed by atoms with Gasteiger partial charge in [-0.2, -0.15) is 0 Å². The third-order valence-electron chi connectivity index (χ3n) is 5.72. The maximum Gasteiger partial charge on any atom is 0.337 e. The van der Waals surface area contributed by atoms with Crippen LogP contribution in [0.15, 0.2) is 42.6 Å². The van der Waals surface area contributed by atoms with Crippen LogP contribution in [0.2, 0.25) is 0 Å². The molecule has 0 radical (unpaired) electrons. The van der Waals surface area contributed by atoms with Crippen molar-refractivity contribution in [3.8, 4) is 11.5 Å². The summed E-state index contributed by atoms with van der Waals surface area (Å²) in [6, 6.07) is 9.58. The van der Waals surface area contributed by atoms with Crippen molar-refractivity contribution < 1.29 is 33.7 Å². The van der Waals surface area contributed by atoms with Gasteiger partial charge in [0.1, 0.15) is 5.69 Å². The molecular formula is C25H25N3O7. The second kappa shape index (κ2) is 10.5. The molecule has 0 saturated carbocycles. The summed E-state index contributed by atoms with van der Waals surface area (Å²) in [6.45, 7) is 2.79. The van der Waals surface area contributed by atoms with Crippen molar-refractivity contribution >= 4 is 34.1 Å². The fourth-order valence-corrected chi connectivity index (χ4v) is 3.96. The van der Waals surface area contributed by atoms with E-state index in [1.165, 1.54) is 26.4 Å². The number of ketones is 1. The van der Waals surface area contributed by atoms with Crippen LogP contribution < -0.4 is 14.8 Å². The van der Waals surface area contributed by atoms with Gasteiger partial charge in [-0.05, 0) is 24.3 Å². The third-order valence-corrected chi connectivity index (χ3v) is 5.72. The summed E-state index contributed by atoms with van der Waals surface area (Å²) < 4.78 is 15.9. The summed E-state index contributed by atoms with van der Waals surface area (Å²) in [5.41, 5.74) is 0.755. The first-order valence-corrected chi connectivity index (χ1v) is 10.9. The quantitative estimate of drug-likeness (QED) is 0.468. The molecule has 1 fully saturated rings. The van der Waals surface area contributed by atoms with E-state index in [0.29, 0.717) is 59.8 Å². The minimum Gasteiger partial charge on any atom is -0.493 e. The Hall–Kier alpha value is -4.02. The second-order valence-corrected chi connectivity index (χ2v) is 7.93. The Kier molecular flexibility index (Phi) is 7.23. The highest BCUT2D eigenvalue weighted by Crippen LogP contribution is 2.35. The van der Waals surface area contributed by atoms with Crippen molar-refractivity contribution in [3.63, 3.8) is 0 Å². The lowest BCUT2D eigenvalue weighted by Gasteiger charge is -2.25. The van der Waals surface area contributed by atoms with Gasteiger partial charge in [-0.3, -0.25) is 19.5 Å². The number of nitrogens with one attached hydrogen (secondary N) is 1. The van der Waals surface area contributed by atoms with Gasteiger partial charge < -0.3 is 24.6 Å². The van der Waals surface area contributed by atoms with Crippen LogP contribution in [-0.4, -0.2) is 79.7 Å². The number of benzene rings is 2. The fraction of sp³-hybridized carbons (Fsp3) is 0.280. The number of aromatic carboxylic acids is 1. The van der Waals surface area contributed by atoms with Crippen LogP contribution in [0.5, 0.6) is 11.5 Å². The number of fused-ring (bicyclic) bond motifs is 1. The van der Waals surface area contributed by atoms with E-state index in [2.05, 4.69) is 10.3 Å². The van der Waals surface area contributed by atoms with E-state index in [1.807, 2.05) is 4.90 Å². The Morgan fingerprint density at radius 2 is 1.74 bits per heavy atom. The number of carbonyl (C=O) groups excluding carboxylic acids is 2. The number of carbonyl (C=O) groups is 3. The molecule has 35 heavy (non-hydrogen) atoms. The van der Waals surface area contributed by atoms with E-state index in [4.69, 9.17) is 14.2 Å². The number of carboxylic acid groups (broad SMARTS) is 1. The van der Waals surface area contributed by atoms with Gasteiger partial charge in [0, 0.05) is 41.3 Å². The second-order valence-electron chi connectivity index (χ2n) is 7.93. The first kappa shape index (κ1) is 24.1. The summed E-state index contributed by atoms with van der Waals surface area (Å²) in [5, 5.41) is 13.0. The molecule has 2 N–H and O–H groups in total. The molecule has 1 aliphatic rings. The molecule has 0 spiro atoms.